The van der Waals surface area contributed by atoms with Gasteiger partial charge in [-0.3, -0.25) is 4.79 Å². The monoisotopic (exact) mass is 282 g/mol. The topological polar surface area (TPSA) is 60.4 Å². The molecule has 1 aliphatic heterocycles. The summed E-state index contributed by atoms with van der Waals surface area (Å²) in [5, 5.41) is 0. The Balaban J connectivity index is 2.03. The minimum Gasteiger partial charge on any atom is -0.377 e. The maximum Gasteiger partial charge on any atom is 0.178 e. The number of hydrogen-bond donors (Lipinski definition) is 0. The molecule has 0 amide bonds. The van der Waals surface area contributed by atoms with Crippen molar-refractivity contribution < 1.29 is 17.9 Å². The van der Waals surface area contributed by atoms with Crippen LogP contribution in [-0.2, 0) is 14.6 Å². The van der Waals surface area contributed by atoms with E-state index in [1.54, 1.807) is 25.1 Å². The number of Topliss-reactive ketones (excluding diaryl/α,β-unsaturated/α-hetero) is 1. The van der Waals surface area contributed by atoms with Gasteiger partial charge in [0.2, 0.25) is 0 Å². The van der Waals surface area contributed by atoms with Crippen LogP contribution >= 0.6 is 0 Å². The second kappa shape index (κ2) is 5.84. The molecule has 1 unspecified atom stereocenters. The number of carbonyl (C=O) groups is 1. The summed E-state index contributed by atoms with van der Waals surface area (Å²) in [6, 6.07) is 7.04. The molecule has 1 fully saturated rings. The molecule has 1 aromatic carbocycles. The van der Waals surface area contributed by atoms with Crippen molar-refractivity contribution in [2.24, 2.45) is 0 Å². The van der Waals surface area contributed by atoms with Crippen molar-refractivity contribution in [1.29, 1.82) is 0 Å². The van der Waals surface area contributed by atoms with Gasteiger partial charge < -0.3 is 4.74 Å². The highest BCUT2D eigenvalue weighted by Gasteiger charge is 2.26. The van der Waals surface area contributed by atoms with E-state index in [4.69, 9.17) is 4.74 Å². The lowest BCUT2D eigenvalue weighted by Gasteiger charge is -2.10. The van der Waals surface area contributed by atoms with Crippen molar-refractivity contribution in [1.82, 2.24) is 0 Å². The van der Waals surface area contributed by atoms with Gasteiger partial charge in [0.1, 0.15) is 5.75 Å². The first-order chi connectivity index (χ1) is 8.98. The van der Waals surface area contributed by atoms with Crippen LogP contribution in [0.3, 0.4) is 0 Å². The largest absolute Gasteiger partial charge is 0.377 e. The van der Waals surface area contributed by atoms with Crippen LogP contribution < -0.4 is 0 Å². The third kappa shape index (κ3) is 3.88. The van der Waals surface area contributed by atoms with Crippen LogP contribution in [-0.4, -0.2) is 38.4 Å². The summed E-state index contributed by atoms with van der Waals surface area (Å²) in [6.07, 6.45) is 1.42. The van der Waals surface area contributed by atoms with Crippen LogP contribution in [0.5, 0.6) is 0 Å². The number of rotatable bonds is 5. The summed E-state index contributed by atoms with van der Waals surface area (Å²) in [5.74, 6) is -0.821. The van der Waals surface area contributed by atoms with Crippen LogP contribution in [0.25, 0.3) is 0 Å². The zero-order valence-electron chi connectivity index (χ0n) is 11.0. The minimum absolute atomic E-state index is 0.0510. The number of ketones is 1. The van der Waals surface area contributed by atoms with Gasteiger partial charge in [0.25, 0.3) is 0 Å². The molecule has 4 nitrogen and oxygen atoms in total. The maximum absolute atomic E-state index is 12.0. The maximum atomic E-state index is 12.0. The molecular weight excluding hydrogens is 264 g/mol. The Labute approximate surface area is 113 Å². The molecule has 0 spiro atoms. The number of hydrogen-bond acceptors (Lipinski definition) is 4. The molecule has 0 saturated carbocycles. The average Bonchev–Trinajstić information content (AvgIpc) is 2.80. The summed E-state index contributed by atoms with van der Waals surface area (Å²) >= 11 is 0. The van der Waals surface area contributed by atoms with Gasteiger partial charge in [-0.25, -0.2) is 8.42 Å². The van der Waals surface area contributed by atoms with Gasteiger partial charge in [0, 0.05) is 12.2 Å². The normalized spacial score (nSPS) is 19.5. The van der Waals surface area contributed by atoms with Gasteiger partial charge in [-0.1, -0.05) is 24.3 Å². The van der Waals surface area contributed by atoms with E-state index in [0.717, 1.165) is 18.4 Å². The molecule has 1 heterocycles. The Morgan fingerprint density at radius 1 is 1.37 bits per heavy atom. The number of ether oxygens (including phenoxy) is 1. The van der Waals surface area contributed by atoms with E-state index in [-0.39, 0.29) is 17.6 Å². The summed E-state index contributed by atoms with van der Waals surface area (Å²) < 4.78 is 29.3. The summed E-state index contributed by atoms with van der Waals surface area (Å²) in [4.78, 5) is 12.0. The van der Waals surface area contributed by atoms with Crippen molar-refractivity contribution in [2.45, 2.75) is 25.9 Å². The van der Waals surface area contributed by atoms with E-state index in [9.17, 15) is 13.2 Å². The van der Waals surface area contributed by atoms with Crippen LogP contribution in [0.4, 0.5) is 0 Å². The second-order valence-corrected chi connectivity index (χ2v) is 7.04. The lowest BCUT2D eigenvalue weighted by molar-refractivity contribution is 0.101. The Kier molecular flexibility index (Phi) is 4.37. The highest BCUT2D eigenvalue weighted by molar-refractivity contribution is 7.92. The van der Waals surface area contributed by atoms with Gasteiger partial charge in [0.15, 0.2) is 15.6 Å². The third-order valence-corrected chi connectivity index (χ3v) is 4.84. The average molecular weight is 282 g/mol. The molecule has 0 radical (unpaired) electrons. The summed E-state index contributed by atoms with van der Waals surface area (Å²) in [7, 11) is -3.40. The highest BCUT2D eigenvalue weighted by Crippen LogP contribution is 2.15. The first-order valence-corrected chi connectivity index (χ1v) is 8.21. The fourth-order valence-electron chi connectivity index (χ4n) is 2.28. The lowest BCUT2D eigenvalue weighted by Crippen LogP contribution is -2.26. The molecule has 19 heavy (non-hydrogen) atoms. The van der Waals surface area contributed by atoms with Crippen molar-refractivity contribution in [2.75, 3.05) is 18.1 Å². The zero-order valence-corrected chi connectivity index (χ0v) is 11.8. The lowest BCUT2D eigenvalue weighted by atomic mass is 10.1. The fourth-order valence-corrected chi connectivity index (χ4v) is 3.78. The Hall–Kier alpha value is -1.20. The van der Waals surface area contributed by atoms with Crippen LogP contribution in [0, 0.1) is 6.92 Å². The zero-order chi connectivity index (χ0) is 13.9. The first-order valence-electron chi connectivity index (χ1n) is 6.39. The van der Waals surface area contributed by atoms with Crippen molar-refractivity contribution in [3.8, 4) is 0 Å². The van der Waals surface area contributed by atoms with E-state index >= 15 is 0 Å². The number of carbonyl (C=O) groups excluding carboxylic acids is 1. The molecule has 1 saturated heterocycles. The van der Waals surface area contributed by atoms with Gasteiger partial charge in [-0.15, -0.1) is 0 Å². The molecular formula is C14H18O4S. The van der Waals surface area contributed by atoms with Gasteiger partial charge in [-0.05, 0) is 25.3 Å². The van der Waals surface area contributed by atoms with Crippen LogP contribution in [0.2, 0.25) is 0 Å². The van der Waals surface area contributed by atoms with E-state index in [1.807, 2.05) is 6.07 Å². The molecule has 0 aromatic heterocycles. The fraction of sp³-hybridized carbons (Fsp3) is 0.500. The van der Waals surface area contributed by atoms with E-state index in [0.29, 0.717) is 12.2 Å². The molecule has 0 aliphatic carbocycles. The Bertz CT molecular complexity index is 557. The second-order valence-electron chi connectivity index (χ2n) is 4.93. The molecule has 0 N–H and O–H groups in total. The third-order valence-electron chi connectivity index (χ3n) is 3.26. The van der Waals surface area contributed by atoms with E-state index < -0.39 is 15.6 Å². The molecule has 5 heteroatoms. The quantitative estimate of drug-likeness (QED) is 0.772. The first kappa shape index (κ1) is 14.2. The van der Waals surface area contributed by atoms with Gasteiger partial charge >= 0.3 is 0 Å². The minimum atomic E-state index is -3.40. The molecule has 0 bridgehead atoms. The number of sulfone groups is 1. The van der Waals surface area contributed by atoms with Gasteiger partial charge in [-0.2, -0.15) is 0 Å². The predicted molar refractivity (Wildman–Crippen MR) is 73.1 cm³/mol. The Morgan fingerprint density at radius 3 is 2.74 bits per heavy atom. The standard InChI is InChI=1S/C14H18O4S/c1-11-5-2-3-7-13(11)14(15)10-19(16,17)9-12-6-4-8-18-12/h2-3,5,7,12H,4,6,8-10H2,1H3. The number of benzene rings is 1. The smallest absolute Gasteiger partial charge is 0.178 e. The summed E-state index contributed by atoms with van der Waals surface area (Å²) in [5.41, 5.74) is 1.29. The predicted octanol–water partition coefficient (Wildman–Crippen LogP) is 1.77. The SMILES string of the molecule is Cc1ccccc1C(=O)CS(=O)(=O)CC1CCCO1. The van der Waals surface area contributed by atoms with E-state index in [2.05, 4.69) is 0 Å². The highest BCUT2D eigenvalue weighted by atomic mass is 32.2. The van der Waals surface area contributed by atoms with Gasteiger partial charge in [0.05, 0.1) is 11.9 Å². The van der Waals surface area contributed by atoms with Crippen molar-refractivity contribution in [3.63, 3.8) is 0 Å². The van der Waals surface area contributed by atoms with Crippen LogP contribution in [0.1, 0.15) is 28.8 Å². The van der Waals surface area contributed by atoms with E-state index in [1.165, 1.54) is 0 Å². The molecule has 1 aliphatic rings. The van der Waals surface area contributed by atoms with Crippen molar-refractivity contribution in [3.05, 3.63) is 35.4 Å². The Morgan fingerprint density at radius 2 is 2.11 bits per heavy atom. The summed E-state index contributed by atoms with van der Waals surface area (Å²) in [6.45, 7) is 2.42. The molecule has 1 atom stereocenters. The van der Waals surface area contributed by atoms with Crippen molar-refractivity contribution >= 4 is 15.6 Å². The van der Waals surface area contributed by atoms with Crippen LogP contribution in [0.15, 0.2) is 24.3 Å². The molecule has 104 valence electrons. The molecule has 1 aromatic rings. The molecule has 2 rings (SSSR count). The number of aryl methyl sites for hydroxylation is 1.